The van der Waals surface area contributed by atoms with Gasteiger partial charge in [-0.25, -0.2) is 0 Å². The van der Waals surface area contributed by atoms with Crippen molar-refractivity contribution in [2.45, 2.75) is 70.7 Å². The molecule has 4 aromatic rings. The summed E-state index contributed by atoms with van der Waals surface area (Å²) in [7, 11) is 1.70. The Labute approximate surface area is 279 Å². The number of hydrogen-bond acceptors (Lipinski definition) is 6. The minimum Gasteiger partial charge on any atom is -0.494 e. The van der Waals surface area contributed by atoms with E-state index in [0.29, 0.717) is 50.7 Å². The molecule has 246 valence electrons. The van der Waals surface area contributed by atoms with Gasteiger partial charge in [-0.05, 0) is 59.9 Å². The summed E-state index contributed by atoms with van der Waals surface area (Å²) in [5.74, 6) is -0.118. The summed E-state index contributed by atoms with van der Waals surface area (Å²) >= 11 is 6.59. The molecule has 7 heteroatoms. The highest BCUT2D eigenvalue weighted by molar-refractivity contribution is 6.31. The molecule has 3 atom stereocenters. The zero-order chi connectivity index (χ0) is 32.8. The van der Waals surface area contributed by atoms with Gasteiger partial charge in [0.2, 0.25) is 0 Å². The van der Waals surface area contributed by atoms with Crippen molar-refractivity contribution in [3.8, 4) is 5.75 Å². The van der Waals surface area contributed by atoms with Crippen molar-refractivity contribution in [3.63, 3.8) is 0 Å². The minimum atomic E-state index is -0.972. The quantitative estimate of drug-likeness (QED) is 0.176. The molecule has 2 aliphatic heterocycles. The Bertz CT molecular complexity index is 1450. The Morgan fingerprint density at radius 1 is 0.826 bits per heavy atom. The summed E-state index contributed by atoms with van der Waals surface area (Å²) in [6.07, 6.45) is 1.70. The molecular formula is C39H47ClO6. The molecule has 0 radical (unpaired) electrons. The Balaban J connectivity index is 0.000000374. The molecule has 6 rings (SSSR count). The van der Waals surface area contributed by atoms with Gasteiger partial charge in [-0.3, -0.25) is 0 Å². The lowest BCUT2D eigenvalue weighted by Gasteiger charge is -2.41. The van der Waals surface area contributed by atoms with E-state index in [1.165, 1.54) is 5.56 Å². The highest BCUT2D eigenvalue weighted by atomic mass is 35.5. The van der Waals surface area contributed by atoms with E-state index in [2.05, 4.69) is 18.2 Å². The second-order valence-electron chi connectivity index (χ2n) is 11.3. The van der Waals surface area contributed by atoms with Crippen molar-refractivity contribution < 1.29 is 28.8 Å². The van der Waals surface area contributed by atoms with E-state index >= 15 is 0 Å². The summed E-state index contributed by atoms with van der Waals surface area (Å²) in [5.41, 5.74) is 4.59. The second-order valence-corrected chi connectivity index (χ2v) is 11.7. The molecular weight excluding hydrogens is 600 g/mol. The van der Waals surface area contributed by atoms with Gasteiger partial charge in [0, 0.05) is 30.5 Å². The molecule has 0 amide bonds. The molecule has 0 saturated carbocycles. The zero-order valence-corrected chi connectivity index (χ0v) is 28.2. The van der Waals surface area contributed by atoms with E-state index in [1.54, 1.807) is 7.11 Å². The minimum absolute atomic E-state index is 0.108. The first-order valence-corrected chi connectivity index (χ1v) is 16.5. The third-order valence-electron chi connectivity index (χ3n) is 7.93. The van der Waals surface area contributed by atoms with Crippen LogP contribution in [0.4, 0.5) is 0 Å². The molecule has 2 fully saturated rings. The molecule has 0 spiro atoms. The lowest BCUT2D eigenvalue weighted by Crippen LogP contribution is -2.48. The van der Waals surface area contributed by atoms with E-state index in [1.807, 2.05) is 106 Å². The lowest BCUT2D eigenvalue weighted by atomic mass is 9.87. The van der Waals surface area contributed by atoms with Crippen LogP contribution in [0.5, 0.6) is 5.75 Å². The van der Waals surface area contributed by atoms with Crippen molar-refractivity contribution >= 4 is 11.6 Å². The van der Waals surface area contributed by atoms with Gasteiger partial charge >= 0.3 is 0 Å². The van der Waals surface area contributed by atoms with Gasteiger partial charge in [0.05, 0.1) is 39.1 Å². The maximum Gasteiger partial charge on any atom is 0.198 e. The first-order valence-electron chi connectivity index (χ1n) is 16.1. The number of benzene rings is 4. The van der Waals surface area contributed by atoms with Gasteiger partial charge in [0.1, 0.15) is 11.4 Å². The third kappa shape index (κ3) is 9.41. The smallest absolute Gasteiger partial charge is 0.198 e. The van der Waals surface area contributed by atoms with E-state index in [0.717, 1.165) is 28.0 Å². The van der Waals surface area contributed by atoms with Gasteiger partial charge in [0.15, 0.2) is 5.79 Å². The summed E-state index contributed by atoms with van der Waals surface area (Å²) in [5, 5.41) is 10.9. The summed E-state index contributed by atoms with van der Waals surface area (Å²) in [6.45, 7) is 8.03. The molecule has 2 aliphatic rings. The fourth-order valence-electron chi connectivity index (χ4n) is 5.73. The van der Waals surface area contributed by atoms with Crippen molar-refractivity contribution in [2.75, 3.05) is 26.9 Å². The molecule has 1 N–H and O–H groups in total. The van der Waals surface area contributed by atoms with Crippen molar-refractivity contribution in [1.29, 1.82) is 0 Å². The van der Waals surface area contributed by atoms with Crippen LogP contribution in [0, 0.1) is 0 Å². The first-order chi connectivity index (χ1) is 22.5. The third-order valence-corrected chi connectivity index (χ3v) is 8.30. The molecule has 0 aromatic heterocycles. The molecule has 46 heavy (non-hydrogen) atoms. The summed E-state index contributed by atoms with van der Waals surface area (Å²) in [4.78, 5) is 0. The Kier molecular flexibility index (Phi) is 13.6. The van der Waals surface area contributed by atoms with Crippen molar-refractivity contribution in [2.24, 2.45) is 0 Å². The van der Waals surface area contributed by atoms with E-state index in [9.17, 15) is 5.11 Å². The molecule has 1 unspecified atom stereocenters. The highest BCUT2D eigenvalue weighted by Gasteiger charge is 2.57. The lowest BCUT2D eigenvalue weighted by molar-refractivity contribution is -0.255. The van der Waals surface area contributed by atoms with E-state index in [-0.39, 0.29) is 12.7 Å². The second kappa shape index (κ2) is 17.6. The largest absolute Gasteiger partial charge is 0.494 e. The fraction of sp³-hybridized carbons (Fsp3) is 0.385. The van der Waals surface area contributed by atoms with Crippen LogP contribution in [0.3, 0.4) is 0 Å². The van der Waals surface area contributed by atoms with Crippen LogP contribution in [0.1, 0.15) is 61.4 Å². The number of aliphatic hydroxyl groups is 1. The van der Waals surface area contributed by atoms with Gasteiger partial charge in [-0.15, -0.1) is 0 Å². The average molecular weight is 647 g/mol. The van der Waals surface area contributed by atoms with Crippen LogP contribution < -0.4 is 4.74 Å². The normalized spacial score (nSPS) is 21.4. The zero-order valence-electron chi connectivity index (χ0n) is 27.4. The summed E-state index contributed by atoms with van der Waals surface area (Å²) < 4.78 is 29.5. The van der Waals surface area contributed by atoms with Gasteiger partial charge in [-0.1, -0.05) is 104 Å². The number of hydrogen-bond donors (Lipinski definition) is 1. The van der Waals surface area contributed by atoms with Crippen LogP contribution in [-0.4, -0.2) is 43.7 Å². The maximum atomic E-state index is 10.2. The number of ether oxygens (including phenoxy) is 5. The van der Waals surface area contributed by atoms with Crippen molar-refractivity contribution in [3.05, 3.63) is 136 Å². The number of halogens is 1. The number of rotatable bonds is 11. The molecule has 2 saturated heterocycles. The standard InChI is InChI=1S/C29H31ClO5.C8H10O.C2H6/c1-2-32-25-11-8-21(9-12-25)14-23-15-24(10-13-27(23)30)29-17-26(16-28(19-31,35-29)20-34-29)33-18-22-6-4-3-5-7-22;1-9-7-8-5-3-2-4-6-8;1-2/h3-13,15,26,31H,2,14,16-20H2,1H3;2-6H,7H2,1H3;1-2H3/t26?,28-,29+;;/m0../s1. The summed E-state index contributed by atoms with van der Waals surface area (Å²) in [6, 6.07) is 34.2. The van der Waals surface area contributed by atoms with Gasteiger partial charge in [-0.2, -0.15) is 0 Å². The van der Waals surface area contributed by atoms with Crippen LogP contribution in [0.25, 0.3) is 0 Å². The van der Waals surface area contributed by atoms with E-state index in [4.69, 9.17) is 35.3 Å². The molecule has 6 nitrogen and oxygen atoms in total. The topological polar surface area (TPSA) is 66.4 Å². The Morgan fingerprint density at radius 2 is 1.48 bits per heavy atom. The Hall–Kier alpha value is -3.23. The average Bonchev–Trinajstić information content (AvgIpc) is 3.39. The molecule has 2 bridgehead atoms. The van der Waals surface area contributed by atoms with Crippen LogP contribution in [0.2, 0.25) is 5.02 Å². The SMILES string of the molecule is CC.CCOc1ccc(Cc2cc([C@]34CC(OCc5ccccc5)C[C@](CO)(CO3)O4)ccc2Cl)cc1.COCc1ccccc1. The molecule has 0 aliphatic carbocycles. The number of methoxy groups -OCH3 is 1. The number of fused-ring (bicyclic) bond motifs is 2. The van der Waals surface area contributed by atoms with Crippen molar-refractivity contribution in [1.82, 2.24) is 0 Å². The Morgan fingerprint density at radius 3 is 2.09 bits per heavy atom. The highest BCUT2D eigenvalue weighted by Crippen LogP contribution is 2.50. The maximum absolute atomic E-state index is 10.2. The van der Waals surface area contributed by atoms with E-state index < -0.39 is 11.4 Å². The van der Waals surface area contributed by atoms with Gasteiger partial charge in [0.25, 0.3) is 0 Å². The number of aliphatic hydroxyl groups excluding tert-OH is 1. The first kappa shape index (κ1) is 35.6. The predicted molar refractivity (Wildman–Crippen MR) is 183 cm³/mol. The van der Waals surface area contributed by atoms with Crippen LogP contribution >= 0.6 is 11.6 Å². The van der Waals surface area contributed by atoms with Crippen LogP contribution in [0.15, 0.2) is 103 Å². The molecule has 4 aromatic carbocycles. The monoisotopic (exact) mass is 646 g/mol. The predicted octanol–water partition coefficient (Wildman–Crippen LogP) is 8.50. The fourth-order valence-corrected chi connectivity index (χ4v) is 5.92. The van der Waals surface area contributed by atoms with Gasteiger partial charge < -0.3 is 28.8 Å². The van der Waals surface area contributed by atoms with Crippen LogP contribution in [-0.2, 0) is 44.4 Å². The molecule has 2 heterocycles.